The molecule has 26 heavy (non-hydrogen) atoms. The van der Waals surface area contributed by atoms with E-state index in [0.717, 1.165) is 44.1 Å². The van der Waals surface area contributed by atoms with E-state index >= 15 is 0 Å². The molecule has 0 spiro atoms. The van der Waals surface area contributed by atoms with Gasteiger partial charge in [-0.2, -0.15) is 0 Å². The van der Waals surface area contributed by atoms with E-state index in [0.29, 0.717) is 18.9 Å². The van der Waals surface area contributed by atoms with Crippen molar-refractivity contribution in [3.05, 3.63) is 35.4 Å². The van der Waals surface area contributed by atoms with Crippen molar-refractivity contribution >= 4 is 18.1 Å². The van der Waals surface area contributed by atoms with Crippen LogP contribution in [-0.4, -0.2) is 43.8 Å². The van der Waals surface area contributed by atoms with Crippen molar-refractivity contribution in [2.24, 2.45) is 5.92 Å². The van der Waals surface area contributed by atoms with Crippen LogP contribution in [0.4, 0.5) is 0 Å². The van der Waals surface area contributed by atoms with E-state index in [2.05, 4.69) is 47.1 Å². The molecule has 0 saturated carbocycles. The Morgan fingerprint density at radius 2 is 1.96 bits per heavy atom. The Morgan fingerprint density at radius 1 is 1.23 bits per heavy atom. The predicted molar refractivity (Wildman–Crippen MR) is 101 cm³/mol. The lowest BCUT2D eigenvalue weighted by Gasteiger charge is -2.11. The Balaban J connectivity index is 1.63. The molecule has 6 nitrogen and oxygen atoms in total. The summed E-state index contributed by atoms with van der Waals surface area (Å²) in [6.45, 7) is 3.49. The number of aldehydes is 1. The molecule has 1 fully saturated rings. The van der Waals surface area contributed by atoms with E-state index in [9.17, 15) is 14.4 Å². The van der Waals surface area contributed by atoms with Crippen LogP contribution in [0.15, 0.2) is 24.3 Å². The van der Waals surface area contributed by atoms with Crippen LogP contribution < -0.4 is 16.0 Å². The highest BCUT2D eigenvalue weighted by Crippen LogP contribution is 2.12. The average molecular weight is 359 g/mol. The Labute approximate surface area is 155 Å². The molecular weight excluding hydrogens is 330 g/mol. The second-order valence-electron chi connectivity index (χ2n) is 6.99. The van der Waals surface area contributed by atoms with Gasteiger partial charge < -0.3 is 20.7 Å². The lowest BCUT2D eigenvalue weighted by molar-refractivity contribution is -0.127. The van der Waals surface area contributed by atoms with Crippen molar-refractivity contribution in [1.82, 2.24) is 16.0 Å². The predicted octanol–water partition coefficient (Wildman–Crippen LogP) is 0.981. The van der Waals surface area contributed by atoms with Crippen molar-refractivity contribution in [2.45, 2.75) is 45.1 Å². The number of carbonyl (C=O) groups is 3. The van der Waals surface area contributed by atoms with Crippen LogP contribution in [0.1, 0.15) is 37.3 Å². The van der Waals surface area contributed by atoms with Gasteiger partial charge in [0.15, 0.2) is 0 Å². The Morgan fingerprint density at radius 3 is 2.62 bits per heavy atom. The maximum Gasteiger partial charge on any atom is 0.239 e. The largest absolute Gasteiger partial charge is 0.354 e. The van der Waals surface area contributed by atoms with E-state index < -0.39 is 0 Å². The normalized spacial score (nSPS) is 17.5. The molecule has 0 radical (unpaired) electrons. The first-order valence-electron chi connectivity index (χ1n) is 9.37. The van der Waals surface area contributed by atoms with Gasteiger partial charge in [0, 0.05) is 13.0 Å². The van der Waals surface area contributed by atoms with E-state index in [-0.39, 0.29) is 24.4 Å². The molecule has 0 aromatic heterocycles. The number of benzene rings is 1. The van der Waals surface area contributed by atoms with Gasteiger partial charge in [0.2, 0.25) is 11.8 Å². The fourth-order valence-electron chi connectivity index (χ4n) is 3.10. The smallest absolute Gasteiger partial charge is 0.239 e. The number of hydrogen-bond donors (Lipinski definition) is 3. The van der Waals surface area contributed by atoms with Crippen LogP contribution in [-0.2, 0) is 27.2 Å². The minimum Gasteiger partial charge on any atom is -0.354 e. The molecule has 0 unspecified atom stereocenters. The molecule has 3 N–H and O–H groups in total. The van der Waals surface area contributed by atoms with Crippen LogP contribution in [0.2, 0.25) is 0 Å². The van der Waals surface area contributed by atoms with Crippen LogP contribution in [0, 0.1) is 5.92 Å². The van der Waals surface area contributed by atoms with E-state index in [4.69, 9.17) is 0 Å². The number of hydrogen-bond acceptors (Lipinski definition) is 4. The monoisotopic (exact) mass is 359 g/mol. The van der Waals surface area contributed by atoms with E-state index in [1.807, 2.05) is 0 Å². The summed E-state index contributed by atoms with van der Waals surface area (Å²) in [4.78, 5) is 34.2. The third-order valence-corrected chi connectivity index (χ3v) is 4.64. The first kappa shape index (κ1) is 20.1. The molecule has 0 bridgehead atoms. The highest BCUT2D eigenvalue weighted by Gasteiger charge is 2.21. The van der Waals surface area contributed by atoms with Crippen molar-refractivity contribution in [3.63, 3.8) is 0 Å². The number of carbonyl (C=O) groups excluding carboxylic acids is 3. The van der Waals surface area contributed by atoms with Gasteiger partial charge in [0.25, 0.3) is 0 Å². The SMILES string of the molecule is C[C@H](CC=O)Cc1ccc(CCNC(=O)CNC(=O)[C@@H]2CCCN2)cc1. The van der Waals surface area contributed by atoms with Gasteiger partial charge in [-0.1, -0.05) is 31.2 Å². The number of nitrogens with one attached hydrogen (secondary N) is 3. The average Bonchev–Trinajstić information content (AvgIpc) is 3.16. The van der Waals surface area contributed by atoms with Gasteiger partial charge in [-0.05, 0) is 49.3 Å². The highest BCUT2D eigenvalue weighted by atomic mass is 16.2. The topological polar surface area (TPSA) is 87.3 Å². The van der Waals surface area contributed by atoms with Crippen LogP contribution in [0.3, 0.4) is 0 Å². The summed E-state index contributed by atoms with van der Waals surface area (Å²) >= 11 is 0. The second-order valence-corrected chi connectivity index (χ2v) is 6.99. The van der Waals surface area contributed by atoms with Crippen molar-refractivity contribution in [3.8, 4) is 0 Å². The lowest BCUT2D eigenvalue weighted by Crippen LogP contribution is -2.44. The molecule has 1 aromatic carbocycles. The zero-order chi connectivity index (χ0) is 18.8. The third kappa shape index (κ3) is 6.96. The minimum atomic E-state index is -0.171. The Kier molecular flexibility index (Phi) is 8.28. The number of rotatable bonds is 10. The fourth-order valence-corrected chi connectivity index (χ4v) is 3.10. The Hall–Kier alpha value is -2.21. The van der Waals surface area contributed by atoms with Crippen LogP contribution >= 0.6 is 0 Å². The highest BCUT2D eigenvalue weighted by molar-refractivity contribution is 5.87. The zero-order valence-electron chi connectivity index (χ0n) is 15.4. The lowest BCUT2D eigenvalue weighted by atomic mass is 9.97. The van der Waals surface area contributed by atoms with E-state index in [1.54, 1.807) is 0 Å². The molecule has 142 valence electrons. The van der Waals surface area contributed by atoms with Gasteiger partial charge in [0.05, 0.1) is 12.6 Å². The molecule has 2 rings (SSSR count). The summed E-state index contributed by atoms with van der Waals surface area (Å²) in [5, 5.41) is 8.61. The van der Waals surface area contributed by atoms with Crippen LogP contribution in [0.5, 0.6) is 0 Å². The van der Waals surface area contributed by atoms with Gasteiger partial charge >= 0.3 is 0 Å². The van der Waals surface area contributed by atoms with Gasteiger partial charge in [0.1, 0.15) is 6.29 Å². The molecule has 2 amide bonds. The summed E-state index contributed by atoms with van der Waals surface area (Å²) in [7, 11) is 0. The van der Waals surface area contributed by atoms with Gasteiger partial charge in [-0.15, -0.1) is 0 Å². The summed E-state index contributed by atoms with van der Waals surface area (Å²) < 4.78 is 0. The summed E-state index contributed by atoms with van der Waals surface area (Å²) in [5.41, 5.74) is 2.37. The van der Waals surface area contributed by atoms with Gasteiger partial charge in [-0.25, -0.2) is 0 Å². The van der Waals surface area contributed by atoms with Gasteiger partial charge in [-0.3, -0.25) is 9.59 Å². The maximum atomic E-state index is 11.8. The molecule has 1 aliphatic rings. The molecule has 2 atom stereocenters. The first-order valence-corrected chi connectivity index (χ1v) is 9.37. The van der Waals surface area contributed by atoms with E-state index in [1.165, 1.54) is 5.56 Å². The quantitative estimate of drug-likeness (QED) is 0.544. The summed E-state index contributed by atoms with van der Waals surface area (Å²) in [6, 6.07) is 8.11. The van der Waals surface area contributed by atoms with Crippen molar-refractivity contribution < 1.29 is 14.4 Å². The van der Waals surface area contributed by atoms with Crippen molar-refractivity contribution in [1.29, 1.82) is 0 Å². The summed E-state index contributed by atoms with van der Waals surface area (Å²) in [5.74, 6) is 0.0833. The molecule has 1 aromatic rings. The maximum absolute atomic E-state index is 11.8. The zero-order valence-corrected chi connectivity index (χ0v) is 15.4. The van der Waals surface area contributed by atoms with Crippen LogP contribution in [0.25, 0.3) is 0 Å². The van der Waals surface area contributed by atoms with Crippen molar-refractivity contribution in [2.75, 3.05) is 19.6 Å². The molecule has 6 heteroatoms. The molecular formula is C20H29N3O3. The standard InChI is InChI=1S/C20H29N3O3/c1-15(9-12-24)13-17-6-4-16(5-7-17)8-11-22-19(25)14-23-20(26)18-3-2-10-21-18/h4-7,12,15,18,21H,2-3,8-11,13-14H2,1H3,(H,22,25)(H,23,26)/t15-,18+/m1/s1. The first-order chi connectivity index (χ1) is 12.6. The third-order valence-electron chi connectivity index (χ3n) is 4.64. The Bertz CT molecular complexity index is 595. The molecule has 1 aliphatic heterocycles. The fraction of sp³-hybridized carbons (Fsp3) is 0.550. The molecule has 1 saturated heterocycles. The minimum absolute atomic E-state index is 0.0184. The second kappa shape index (κ2) is 10.7. The molecule has 1 heterocycles. The number of amides is 2. The molecule has 0 aliphatic carbocycles. The summed E-state index contributed by atoms with van der Waals surface area (Å²) in [6.07, 6.45) is 5.02.